The van der Waals surface area contributed by atoms with Gasteiger partial charge in [-0.2, -0.15) is 12.7 Å². The van der Waals surface area contributed by atoms with Gasteiger partial charge in [-0.3, -0.25) is 33.7 Å². The number of nitrogens with zero attached hydrogens (tertiary/aromatic N) is 7. The van der Waals surface area contributed by atoms with Gasteiger partial charge >= 0.3 is 10.2 Å². The number of halogens is 3. The van der Waals surface area contributed by atoms with Crippen molar-refractivity contribution in [2.45, 2.75) is 84.7 Å². The Bertz CT molecular complexity index is 3360. The van der Waals surface area contributed by atoms with Crippen LogP contribution in [-0.2, 0) is 31.1 Å². The van der Waals surface area contributed by atoms with E-state index in [2.05, 4.69) is 40.3 Å². The topological polar surface area (TPSA) is 196 Å². The number of aryl methyl sites for hydroxylation is 1. The van der Waals surface area contributed by atoms with Gasteiger partial charge in [0.25, 0.3) is 0 Å². The highest BCUT2D eigenvalue weighted by molar-refractivity contribution is 7.90. The van der Waals surface area contributed by atoms with Gasteiger partial charge in [0.1, 0.15) is 29.7 Å². The summed E-state index contributed by atoms with van der Waals surface area (Å²) in [6, 6.07) is 18.4. The van der Waals surface area contributed by atoms with Crippen molar-refractivity contribution in [3.63, 3.8) is 0 Å². The van der Waals surface area contributed by atoms with E-state index in [0.717, 1.165) is 88.7 Å². The Morgan fingerprint density at radius 3 is 2.28 bits per heavy atom. The summed E-state index contributed by atoms with van der Waals surface area (Å²) in [6.45, 7) is 15.7. The van der Waals surface area contributed by atoms with Crippen LogP contribution in [0.2, 0.25) is 0 Å². The van der Waals surface area contributed by atoms with E-state index in [4.69, 9.17) is 0 Å². The fourth-order valence-electron chi connectivity index (χ4n) is 11.1. The number of ketones is 1. The standard InChI is InChI=1S/C57H66F3N11O6S2/c1-34-24-47(55(74)63-26-36-6-8-38(9-7-36)52-35(2)64-33-78-52)71(29-34)56(75)53(57(3,4)5)65-48(72)17-18-67-31-42(32-67)69-22-20-68(21-23-69)41-12-10-37(11-13-41)39-25-43-44(28-62-54(43)61-27-39)51(73)49-45(59)14-15-46(50(49)60)66-79(76,77)70-19-16-40(58)30-70/h6-15,25,27-28,33-34,40,42,47,53,66H,16-24,26,29-32H2,1-5H3,(H,61,62)(H,63,74)(H,65,72)/t34-,40-,47+,53-/m1/s1. The highest BCUT2D eigenvalue weighted by atomic mass is 32.2. The minimum Gasteiger partial charge on any atom is -0.369 e. The predicted octanol–water partition coefficient (Wildman–Crippen LogP) is 7.15. The summed E-state index contributed by atoms with van der Waals surface area (Å²) in [7, 11) is -4.37. The van der Waals surface area contributed by atoms with Crippen molar-refractivity contribution in [3.05, 3.63) is 119 Å². The van der Waals surface area contributed by atoms with Gasteiger partial charge in [-0.05, 0) is 78.1 Å². The molecule has 17 nitrogen and oxygen atoms in total. The molecule has 0 spiro atoms. The second kappa shape index (κ2) is 22.8. The van der Waals surface area contributed by atoms with Crippen molar-refractivity contribution in [2.75, 3.05) is 75.1 Å². The molecular weight excluding hydrogens is 1060 g/mol. The van der Waals surface area contributed by atoms with E-state index in [1.54, 1.807) is 28.5 Å². The molecule has 6 aromatic rings. The van der Waals surface area contributed by atoms with Crippen molar-refractivity contribution < 1.29 is 40.8 Å². The summed E-state index contributed by atoms with van der Waals surface area (Å²) in [5.41, 5.74) is 5.44. The van der Waals surface area contributed by atoms with E-state index in [0.29, 0.717) is 48.7 Å². The number of carbonyl (C=O) groups excluding carboxylic acids is 4. The summed E-state index contributed by atoms with van der Waals surface area (Å²) < 4.78 is 73.4. The van der Waals surface area contributed by atoms with Gasteiger partial charge < -0.3 is 25.4 Å². The number of amides is 3. The number of anilines is 2. The third-order valence-electron chi connectivity index (χ3n) is 15.7. The Morgan fingerprint density at radius 2 is 1.61 bits per heavy atom. The number of hydrogen-bond donors (Lipinski definition) is 4. The molecule has 4 N–H and O–H groups in total. The molecule has 0 radical (unpaired) electrons. The van der Waals surface area contributed by atoms with Crippen LogP contribution in [0, 0.1) is 29.9 Å². The van der Waals surface area contributed by atoms with Crippen LogP contribution in [0.3, 0.4) is 0 Å². The molecule has 0 aliphatic carbocycles. The number of aromatic amines is 1. The van der Waals surface area contributed by atoms with Gasteiger partial charge in [0.15, 0.2) is 5.82 Å². The van der Waals surface area contributed by atoms with Crippen LogP contribution in [-0.4, -0.2) is 156 Å². The van der Waals surface area contributed by atoms with Crippen molar-refractivity contribution in [3.8, 4) is 21.6 Å². The number of aromatic nitrogens is 3. The Morgan fingerprint density at radius 1 is 0.886 bits per heavy atom. The molecular formula is C57H66F3N11O6S2. The maximum Gasteiger partial charge on any atom is 0.301 e. The molecule has 0 saturated carbocycles. The summed E-state index contributed by atoms with van der Waals surface area (Å²) >= 11 is 1.59. The molecule has 4 atom stereocenters. The highest BCUT2D eigenvalue weighted by Gasteiger charge is 2.44. The first kappa shape index (κ1) is 55.6. The van der Waals surface area contributed by atoms with Crippen LogP contribution in [0.25, 0.3) is 32.6 Å². The molecule has 3 aromatic heterocycles. The monoisotopic (exact) mass is 1120 g/mol. The third kappa shape index (κ3) is 12.1. The second-order valence-corrected chi connectivity index (χ2v) is 24.9. The smallest absolute Gasteiger partial charge is 0.301 e. The van der Waals surface area contributed by atoms with Crippen LogP contribution in [0.5, 0.6) is 0 Å². The first-order valence-corrected chi connectivity index (χ1v) is 29.1. The lowest BCUT2D eigenvalue weighted by Crippen LogP contribution is -2.63. The van der Waals surface area contributed by atoms with E-state index in [9.17, 15) is 32.0 Å². The molecule has 3 aromatic carbocycles. The van der Waals surface area contributed by atoms with Gasteiger partial charge in [0.05, 0.1) is 27.3 Å². The van der Waals surface area contributed by atoms with E-state index >= 15 is 8.78 Å². The number of benzene rings is 3. The number of alkyl halides is 1. The first-order valence-electron chi connectivity index (χ1n) is 26.8. The van der Waals surface area contributed by atoms with Crippen molar-refractivity contribution in [2.24, 2.45) is 11.3 Å². The molecule has 7 heterocycles. The molecule has 3 amide bonds. The third-order valence-corrected chi connectivity index (χ3v) is 18.2. The maximum absolute atomic E-state index is 15.8. The molecule has 418 valence electrons. The van der Waals surface area contributed by atoms with Crippen LogP contribution >= 0.6 is 11.3 Å². The van der Waals surface area contributed by atoms with Gasteiger partial charge in [-0.1, -0.05) is 64.1 Å². The van der Waals surface area contributed by atoms with Crippen LogP contribution < -0.4 is 20.3 Å². The Balaban J connectivity index is 0.682. The lowest BCUT2D eigenvalue weighted by atomic mass is 9.85. The van der Waals surface area contributed by atoms with Crippen LogP contribution in [0.15, 0.2) is 84.6 Å². The van der Waals surface area contributed by atoms with Gasteiger partial charge in [0.2, 0.25) is 23.5 Å². The highest BCUT2D eigenvalue weighted by Crippen LogP contribution is 2.34. The van der Waals surface area contributed by atoms with Crippen LogP contribution in [0.4, 0.5) is 24.5 Å². The molecule has 4 aliphatic rings. The number of fused-ring (bicyclic) bond motifs is 1. The molecule has 10 rings (SSSR count). The number of hydrogen-bond acceptors (Lipinski definition) is 12. The number of carbonyl (C=O) groups is 4. The fourth-order valence-corrected chi connectivity index (χ4v) is 13.2. The number of piperazine rings is 1. The first-order chi connectivity index (χ1) is 37.7. The second-order valence-electron chi connectivity index (χ2n) is 22.4. The minimum atomic E-state index is -4.37. The zero-order chi connectivity index (χ0) is 55.9. The van der Waals surface area contributed by atoms with Gasteiger partial charge in [0, 0.05) is 119 Å². The van der Waals surface area contributed by atoms with Gasteiger partial charge in [-0.25, -0.2) is 23.1 Å². The van der Waals surface area contributed by atoms with E-state index in [-0.39, 0.29) is 48.6 Å². The van der Waals surface area contributed by atoms with Gasteiger partial charge in [-0.15, -0.1) is 11.3 Å². The normalized spacial score (nSPS) is 20.1. The number of thiazole rings is 1. The Labute approximate surface area is 462 Å². The van der Waals surface area contributed by atoms with E-state index in [1.807, 2.05) is 93.4 Å². The average molecular weight is 1120 g/mol. The number of likely N-dealkylation sites (tertiary alicyclic amines) is 2. The van der Waals surface area contributed by atoms with Crippen molar-refractivity contribution in [1.29, 1.82) is 0 Å². The number of rotatable bonds is 17. The van der Waals surface area contributed by atoms with Crippen molar-refractivity contribution in [1.82, 2.24) is 44.6 Å². The molecule has 0 unspecified atom stereocenters. The predicted molar refractivity (Wildman–Crippen MR) is 298 cm³/mol. The SMILES string of the molecule is Cc1ncsc1-c1ccc(CNC(=O)[C@@H]2C[C@@H](C)CN2C(=O)[C@@H](NC(=O)CCN2CC(N3CCN(c4ccc(-c5cnc6[nH]cc(C(=O)c7c(F)ccc(NS(=O)(=O)N8CC[C@@H](F)C8)c7F)c6c5)cc4)CC3)C2)C(C)(C)C)cc1. The molecule has 4 saturated heterocycles. The van der Waals surface area contributed by atoms with Crippen LogP contribution in [0.1, 0.15) is 74.1 Å². The average Bonchev–Trinajstić information content (AvgIpc) is 4.35. The Kier molecular flexibility index (Phi) is 16.0. The molecule has 0 bridgehead atoms. The fraction of sp³-hybridized carbons (Fsp3) is 0.439. The van der Waals surface area contributed by atoms with Crippen molar-refractivity contribution >= 4 is 67.5 Å². The summed E-state index contributed by atoms with van der Waals surface area (Å²) in [4.78, 5) is 76.8. The summed E-state index contributed by atoms with van der Waals surface area (Å²) in [5.74, 6) is -4.09. The quantitative estimate of drug-likeness (QED) is 0.0678. The molecule has 79 heavy (non-hydrogen) atoms. The largest absolute Gasteiger partial charge is 0.369 e. The summed E-state index contributed by atoms with van der Waals surface area (Å²) in [6.07, 6.45) is 2.38. The minimum absolute atomic E-state index is 0.00353. The lowest BCUT2D eigenvalue weighted by molar-refractivity contribution is -0.144. The molecule has 4 fully saturated rings. The number of pyridine rings is 1. The lowest BCUT2D eigenvalue weighted by Gasteiger charge is -2.48. The number of nitrogens with one attached hydrogen (secondary N) is 4. The van der Waals surface area contributed by atoms with E-state index in [1.165, 1.54) is 6.20 Å². The Hall–Kier alpha value is -6.72. The van der Waals surface area contributed by atoms with E-state index < -0.39 is 69.1 Å². The maximum atomic E-state index is 15.8. The summed E-state index contributed by atoms with van der Waals surface area (Å²) in [5, 5.41) is 6.44. The zero-order valence-electron chi connectivity index (χ0n) is 44.9. The number of H-pyrrole nitrogens is 1. The molecule has 22 heteroatoms. The molecule has 4 aliphatic heterocycles. The zero-order valence-corrected chi connectivity index (χ0v) is 46.5.